The molecule has 27 heavy (non-hydrogen) atoms. The molecule has 0 radical (unpaired) electrons. The van der Waals surface area contributed by atoms with Crippen molar-refractivity contribution < 1.29 is 9.47 Å². The smallest absolute Gasteiger partial charge is 0.231 e. The number of aliphatic imine (C=N–C) groups is 1. The summed E-state index contributed by atoms with van der Waals surface area (Å²) in [7, 11) is 2.18. The van der Waals surface area contributed by atoms with Gasteiger partial charge >= 0.3 is 0 Å². The molecule has 2 rings (SSSR count). The highest BCUT2D eigenvalue weighted by atomic mass is 127. The molecule has 1 aromatic rings. The molecule has 0 saturated carbocycles. The van der Waals surface area contributed by atoms with Gasteiger partial charge in [-0.1, -0.05) is 6.07 Å². The summed E-state index contributed by atoms with van der Waals surface area (Å²) < 4.78 is 10.8. The fraction of sp³-hybridized carbons (Fsp3) is 0.650. The molecule has 154 valence electrons. The van der Waals surface area contributed by atoms with Crippen LogP contribution >= 0.6 is 24.0 Å². The number of hydrogen-bond acceptors (Lipinski definition) is 4. The number of guanidine groups is 1. The van der Waals surface area contributed by atoms with Gasteiger partial charge in [0.25, 0.3) is 0 Å². The zero-order valence-electron chi connectivity index (χ0n) is 17.1. The van der Waals surface area contributed by atoms with Gasteiger partial charge in [-0.2, -0.15) is 0 Å². The first-order chi connectivity index (χ1) is 12.6. The first-order valence-corrected chi connectivity index (χ1v) is 9.71. The lowest BCUT2D eigenvalue weighted by molar-refractivity contribution is 0.174. The maximum Gasteiger partial charge on any atom is 0.231 e. The summed E-state index contributed by atoms with van der Waals surface area (Å²) in [4.78, 5) is 7.05. The summed E-state index contributed by atoms with van der Waals surface area (Å²) in [5.74, 6) is 2.57. The fourth-order valence-electron chi connectivity index (χ4n) is 2.69. The van der Waals surface area contributed by atoms with Gasteiger partial charge in [0.05, 0.1) is 0 Å². The van der Waals surface area contributed by atoms with Gasteiger partial charge in [0.2, 0.25) is 6.79 Å². The molecule has 6 nitrogen and oxygen atoms in total. The third-order valence-corrected chi connectivity index (χ3v) is 4.56. The SMILES string of the molecule is CCNC(=NCCCCN(C)C(C)C)NCCc1ccc2c(c1)OCO2.I. The van der Waals surface area contributed by atoms with Crippen LogP contribution in [-0.4, -0.2) is 56.9 Å². The minimum absolute atomic E-state index is 0. The van der Waals surface area contributed by atoms with Crippen molar-refractivity contribution >= 4 is 29.9 Å². The lowest BCUT2D eigenvalue weighted by atomic mass is 10.1. The molecule has 0 amide bonds. The second kappa shape index (κ2) is 13.0. The number of nitrogens with one attached hydrogen (secondary N) is 2. The molecule has 1 heterocycles. The van der Waals surface area contributed by atoms with Gasteiger partial charge in [0.15, 0.2) is 17.5 Å². The standard InChI is InChI=1S/C20H34N4O2.HI/c1-5-21-20(22-11-6-7-13-24(4)16(2)3)23-12-10-17-8-9-18-19(14-17)26-15-25-18;/h8-9,14,16H,5-7,10-13,15H2,1-4H3,(H2,21,22,23);1H. The summed E-state index contributed by atoms with van der Waals surface area (Å²) in [6.07, 6.45) is 3.20. The fourth-order valence-corrected chi connectivity index (χ4v) is 2.69. The van der Waals surface area contributed by atoms with Crippen LogP contribution < -0.4 is 20.1 Å². The van der Waals surface area contributed by atoms with Crippen molar-refractivity contribution in [2.75, 3.05) is 40.0 Å². The van der Waals surface area contributed by atoms with Gasteiger partial charge in [-0.3, -0.25) is 4.99 Å². The van der Waals surface area contributed by atoms with E-state index in [0.29, 0.717) is 12.8 Å². The van der Waals surface area contributed by atoms with Crippen LogP contribution in [0.5, 0.6) is 11.5 Å². The van der Waals surface area contributed by atoms with Crippen molar-refractivity contribution in [2.45, 2.75) is 46.1 Å². The predicted molar refractivity (Wildman–Crippen MR) is 123 cm³/mol. The number of hydrogen-bond donors (Lipinski definition) is 2. The molecule has 0 atom stereocenters. The summed E-state index contributed by atoms with van der Waals surface area (Å²) >= 11 is 0. The number of unbranched alkanes of at least 4 members (excludes halogenated alkanes) is 1. The van der Waals surface area contributed by atoms with E-state index in [9.17, 15) is 0 Å². The molecule has 0 unspecified atom stereocenters. The molecule has 1 aliphatic rings. The van der Waals surface area contributed by atoms with Gasteiger partial charge in [-0.15, -0.1) is 24.0 Å². The quantitative estimate of drug-likeness (QED) is 0.228. The number of benzene rings is 1. The molecule has 0 spiro atoms. The molecule has 1 aromatic carbocycles. The third-order valence-electron chi connectivity index (χ3n) is 4.56. The molecule has 0 aliphatic carbocycles. The van der Waals surface area contributed by atoms with Crippen LogP contribution in [0.3, 0.4) is 0 Å². The maximum atomic E-state index is 5.43. The average Bonchev–Trinajstić information content (AvgIpc) is 3.08. The summed E-state index contributed by atoms with van der Waals surface area (Å²) in [6.45, 7) is 10.5. The Labute approximate surface area is 181 Å². The number of fused-ring (bicyclic) bond motifs is 1. The number of ether oxygens (including phenoxy) is 2. The molecule has 7 heteroatoms. The van der Waals surface area contributed by atoms with Crippen LogP contribution in [0.4, 0.5) is 0 Å². The Kier molecular flexibility index (Phi) is 11.5. The molecule has 2 N–H and O–H groups in total. The van der Waals surface area contributed by atoms with Crippen LogP contribution in [0, 0.1) is 0 Å². The van der Waals surface area contributed by atoms with Crippen LogP contribution in [-0.2, 0) is 6.42 Å². The summed E-state index contributed by atoms with van der Waals surface area (Å²) in [5.41, 5.74) is 1.23. The molecule has 0 bridgehead atoms. The minimum atomic E-state index is 0. The van der Waals surface area contributed by atoms with Crippen LogP contribution in [0.1, 0.15) is 39.2 Å². The lowest BCUT2D eigenvalue weighted by Gasteiger charge is -2.20. The topological polar surface area (TPSA) is 58.1 Å². The van der Waals surface area contributed by atoms with Crippen molar-refractivity contribution in [3.05, 3.63) is 23.8 Å². The Hall–Kier alpha value is -1.22. The number of rotatable bonds is 10. The highest BCUT2D eigenvalue weighted by Gasteiger charge is 2.12. The Balaban J connectivity index is 0.00000364. The normalized spacial score (nSPS) is 13.0. The number of halogens is 1. The second-order valence-electron chi connectivity index (χ2n) is 6.91. The van der Waals surface area contributed by atoms with E-state index in [1.807, 2.05) is 6.07 Å². The van der Waals surface area contributed by atoms with Crippen molar-refractivity contribution in [3.8, 4) is 11.5 Å². The largest absolute Gasteiger partial charge is 0.454 e. The Morgan fingerprint density at radius 2 is 1.96 bits per heavy atom. The van der Waals surface area contributed by atoms with E-state index >= 15 is 0 Å². The first kappa shape index (κ1) is 23.8. The van der Waals surface area contributed by atoms with E-state index in [-0.39, 0.29) is 24.0 Å². The van der Waals surface area contributed by atoms with Crippen LogP contribution in [0.2, 0.25) is 0 Å². The molecular formula is C20H35IN4O2. The number of nitrogens with zero attached hydrogens (tertiary/aromatic N) is 2. The highest BCUT2D eigenvalue weighted by molar-refractivity contribution is 14.0. The first-order valence-electron chi connectivity index (χ1n) is 9.71. The lowest BCUT2D eigenvalue weighted by Crippen LogP contribution is -2.38. The van der Waals surface area contributed by atoms with Gasteiger partial charge in [0.1, 0.15) is 0 Å². The zero-order valence-corrected chi connectivity index (χ0v) is 19.4. The van der Waals surface area contributed by atoms with E-state index in [1.54, 1.807) is 0 Å². The third kappa shape index (κ3) is 8.55. The van der Waals surface area contributed by atoms with Gasteiger partial charge < -0.3 is 25.0 Å². The minimum Gasteiger partial charge on any atom is -0.454 e. The van der Waals surface area contributed by atoms with Gasteiger partial charge in [-0.05, 0) is 71.3 Å². The molecule has 1 aliphatic heterocycles. The predicted octanol–water partition coefficient (Wildman–Crippen LogP) is 3.25. The van der Waals surface area contributed by atoms with E-state index in [1.165, 1.54) is 12.0 Å². The zero-order chi connectivity index (χ0) is 18.8. The summed E-state index contributed by atoms with van der Waals surface area (Å²) in [5, 5.41) is 6.72. The van der Waals surface area contributed by atoms with E-state index in [2.05, 4.69) is 60.5 Å². The molecular weight excluding hydrogens is 455 g/mol. The molecule has 0 saturated heterocycles. The average molecular weight is 490 g/mol. The Morgan fingerprint density at radius 1 is 1.19 bits per heavy atom. The van der Waals surface area contributed by atoms with Crippen LogP contribution in [0.15, 0.2) is 23.2 Å². The van der Waals surface area contributed by atoms with Crippen molar-refractivity contribution in [2.24, 2.45) is 4.99 Å². The monoisotopic (exact) mass is 490 g/mol. The summed E-state index contributed by atoms with van der Waals surface area (Å²) in [6, 6.07) is 6.73. The van der Waals surface area contributed by atoms with E-state index in [0.717, 1.165) is 56.5 Å². The second-order valence-corrected chi connectivity index (χ2v) is 6.91. The highest BCUT2D eigenvalue weighted by Crippen LogP contribution is 2.32. The maximum absolute atomic E-state index is 5.43. The Morgan fingerprint density at radius 3 is 2.70 bits per heavy atom. The van der Waals surface area contributed by atoms with Gasteiger partial charge in [-0.25, -0.2) is 0 Å². The van der Waals surface area contributed by atoms with E-state index < -0.39 is 0 Å². The van der Waals surface area contributed by atoms with Crippen LogP contribution in [0.25, 0.3) is 0 Å². The van der Waals surface area contributed by atoms with Crippen molar-refractivity contribution in [1.82, 2.24) is 15.5 Å². The Bertz CT molecular complexity index is 581. The van der Waals surface area contributed by atoms with Crippen molar-refractivity contribution in [1.29, 1.82) is 0 Å². The molecule has 0 fully saturated rings. The van der Waals surface area contributed by atoms with Gasteiger partial charge in [0, 0.05) is 25.7 Å². The van der Waals surface area contributed by atoms with Crippen molar-refractivity contribution in [3.63, 3.8) is 0 Å². The van der Waals surface area contributed by atoms with E-state index in [4.69, 9.17) is 9.47 Å². The molecule has 0 aromatic heterocycles.